The molecular weight excluding hydrogens is 368 g/mol. The first-order valence-corrected chi connectivity index (χ1v) is 7.92. The second-order valence-corrected chi connectivity index (χ2v) is 5.97. The molecule has 7 nitrogen and oxygen atoms in total. The van der Waals surface area contributed by atoms with Gasteiger partial charge in [0.2, 0.25) is 5.91 Å². The smallest absolute Gasteiger partial charge is 0.334 e. The average molecular weight is 385 g/mol. The first-order chi connectivity index (χ1) is 11.0. The van der Waals surface area contributed by atoms with Crippen LogP contribution in [0.5, 0.6) is 0 Å². The van der Waals surface area contributed by atoms with Crippen molar-refractivity contribution in [3.8, 4) is 0 Å². The molecule has 0 saturated carbocycles. The summed E-state index contributed by atoms with van der Waals surface area (Å²) in [4.78, 5) is 36.3. The Labute approximate surface area is 141 Å². The normalized spacial score (nSPS) is 17.6. The summed E-state index contributed by atoms with van der Waals surface area (Å²) in [5.41, 5.74) is 0.512. The maximum absolute atomic E-state index is 12.0. The van der Waals surface area contributed by atoms with E-state index in [-0.39, 0.29) is 37.9 Å². The van der Waals surface area contributed by atoms with Gasteiger partial charge in [0.15, 0.2) is 6.10 Å². The van der Waals surface area contributed by atoms with E-state index in [1.54, 1.807) is 24.3 Å². The number of nitrogens with one attached hydrogen (secondary N) is 1. The monoisotopic (exact) mass is 384 g/mol. The van der Waals surface area contributed by atoms with Gasteiger partial charge in [0, 0.05) is 29.5 Å². The van der Waals surface area contributed by atoms with Crippen LogP contribution in [0.4, 0.5) is 0 Å². The van der Waals surface area contributed by atoms with Crippen molar-refractivity contribution in [1.82, 2.24) is 10.2 Å². The molecule has 2 N–H and O–H groups in total. The molecule has 8 heteroatoms. The lowest BCUT2D eigenvalue weighted by Gasteiger charge is -2.30. The molecule has 1 fully saturated rings. The second kappa shape index (κ2) is 8.07. The molecule has 0 spiro atoms. The van der Waals surface area contributed by atoms with E-state index in [1.165, 1.54) is 4.90 Å². The Hall–Kier alpha value is -1.93. The molecule has 0 radical (unpaired) electrons. The predicted molar refractivity (Wildman–Crippen MR) is 85.0 cm³/mol. The van der Waals surface area contributed by atoms with Crippen LogP contribution in [-0.2, 0) is 14.3 Å². The minimum Gasteiger partial charge on any atom is -0.479 e. The molecule has 124 valence electrons. The van der Waals surface area contributed by atoms with Gasteiger partial charge in [-0.05, 0) is 24.3 Å². The summed E-state index contributed by atoms with van der Waals surface area (Å²) in [6.07, 6.45) is -0.862. The number of nitrogens with zero attached hydrogens (tertiary/aromatic N) is 1. The molecule has 1 unspecified atom stereocenters. The number of morpholine rings is 1. The third kappa shape index (κ3) is 5.04. The van der Waals surface area contributed by atoms with Gasteiger partial charge in [-0.1, -0.05) is 15.9 Å². The van der Waals surface area contributed by atoms with Crippen LogP contribution in [0, 0.1) is 0 Å². The zero-order valence-electron chi connectivity index (χ0n) is 12.3. The van der Waals surface area contributed by atoms with Gasteiger partial charge in [0.25, 0.3) is 5.91 Å². The minimum absolute atomic E-state index is 0.0365. The third-order valence-corrected chi connectivity index (χ3v) is 3.95. The van der Waals surface area contributed by atoms with Crippen molar-refractivity contribution in [1.29, 1.82) is 0 Å². The van der Waals surface area contributed by atoms with Gasteiger partial charge in [-0.3, -0.25) is 9.59 Å². The number of hydrogen-bond acceptors (Lipinski definition) is 4. The topological polar surface area (TPSA) is 95.9 Å². The standard InChI is InChI=1S/C15H17BrN2O5/c16-11-3-1-10(2-4-11)14(20)17-6-5-13(19)18-7-8-23-12(9-18)15(21)22/h1-4,12H,5-9H2,(H,17,20)(H,21,22). The molecule has 1 aliphatic heterocycles. The van der Waals surface area contributed by atoms with Gasteiger partial charge in [0.1, 0.15) is 0 Å². The Bertz CT molecular complexity index is 590. The van der Waals surface area contributed by atoms with Gasteiger partial charge in [0.05, 0.1) is 13.2 Å². The van der Waals surface area contributed by atoms with E-state index in [4.69, 9.17) is 9.84 Å². The number of amides is 2. The van der Waals surface area contributed by atoms with Crippen LogP contribution in [0.3, 0.4) is 0 Å². The highest BCUT2D eigenvalue weighted by Crippen LogP contribution is 2.10. The maximum atomic E-state index is 12.0. The van der Waals surface area contributed by atoms with Gasteiger partial charge >= 0.3 is 5.97 Å². The lowest BCUT2D eigenvalue weighted by Crippen LogP contribution is -2.49. The molecule has 2 rings (SSSR count). The van der Waals surface area contributed by atoms with Crippen molar-refractivity contribution in [3.05, 3.63) is 34.3 Å². The molecular formula is C15H17BrN2O5. The number of rotatable bonds is 5. The van der Waals surface area contributed by atoms with Crippen LogP contribution in [-0.4, -0.2) is 60.1 Å². The molecule has 1 aromatic carbocycles. The fourth-order valence-electron chi connectivity index (χ4n) is 2.17. The van der Waals surface area contributed by atoms with Crippen molar-refractivity contribution in [3.63, 3.8) is 0 Å². The SMILES string of the molecule is O=C(NCCC(=O)N1CCOC(C(=O)O)C1)c1ccc(Br)cc1. The fourth-order valence-corrected chi connectivity index (χ4v) is 2.43. The number of carboxylic acid groups (broad SMARTS) is 1. The van der Waals surface area contributed by atoms with Crippen LogP contribution in [0.1, 0.15) is 16.8 Å². The molecule has 1 saturated heterocycles. The summed E-state index contributed by atoms with van der Waals surface area (Å²) in [7, 11) is 0. The first-order valence-electron chi connectivity index (χ1n) is 7.13. The van der Waals surface area contributed by atoms with Gasteiger partial charge < -0.3 is 20.1 Å². The Kier molecular flexibility index (Phi) is 6.12. The summed E-state index contributed by atoms with van der Waals surface area (Å²) in [6, 6.07) is 6.89. The summed E-state index contributed by atoms with van der Waals surface area (Å²) in [5.74, 6) is -1.53. The van der Waals surface area contributed by atoms with Gasteiger partial charge in [-0.2, -0.15) is 0 Å². The highest BCUT2D eigenvalue weighted by Gasteiger charge is 2.28. The fraction of sp³-hybridized carbons (Fsp3) is 0.400. The molecule has 1 aliphatic rings. The molecule has 1 heterocycles. The van der Waals surface area contributed by atoms with E-state index in [1.807, 2.05) is 0 Å². The summed E-state index contributed by atoms with van der Waals surface area (Å²) < 4.78 is 5.94. The number of ether oxygens (including phenoxy) is 1. The zero-order valence-corrected chi connectivity index (χ0v) is 13.9. The van der Waals surface area contributed by atoms with E-state index in [0.29, 0.717) is 12.1 Å². The molecule has 0 aromatic heterocycles. The number of carboxylic acids is 1. The molecule has 23 heavy (non-hydrogen) atoms. The Morgan fingerprint density at radius 3 is 2.65 bits per heavy atom. The van der Waals surface area contributed by atoms with Crippen LogP contribution in [0.15, 0.2) is 28.7 Å². The maximum Gasteiger partial charge on any atom is 0.334 e. The van der Waals surface area contributed by atoms with Crippen molar-refractivity contribution >= 4 is 33.7 Å². The lowest BCUT2D eigenvalue weighted by atomic mass is 10.2. The van der Waals surface area contributed by atoms with Gasteiger partial charge in [-0.15, -0.1) is 0 Å². The molecule has 2 amide bonds. The minimum atomic E-state index is -1.08. The van der Waals surface area contributed by atoms with Crippen LogP contribution in [0.25, 0.3) is 0 Å². The number of benzene rings is 1. The third-order valence-electron chi connectivity index (χ3n) is 3.43. The summed E-state index contributed by atoms with van der Waals surface area (Å²) in [6.45, 7) is 0.800. The quantitative estimate of drug-likeness (QED) is 0.785. The highest BCUT2D eigenvalue weighted by atomic mass is 79.9. The van der Waals surface area contributed by atoms with E-state index >= 15 is 0 Å². The second-order valence-electron chi connectivity index (χ2n) is 5.05. The Morgan fingerprint density at radius 2 is 2.00 bits per heavy atom. The van der Waals surface area contributed by atoms with E-state index in [0.717, 1.165) is 4.47 Å². The Balaban J connectivity index is 1.77. The van der Waals surface area contributed by atoms with Crippen molar-refractivity contribution in [2.24, 2.45) is 0 Å². The number of hydrogen-bond donors (Lipinski definition) is 2. The molecule has 0 aliphatic carbocycles. The first kappa shape index (κ1) is 17.4. The van der Waals surface area contributed by atoms with E-state index < -0.39 is 12.1 Å². The Morgan fingerprint density at radius 1 is 1.30 bits per heavy atom. The molecule has 1 atom stereocenters. The van der Waals surface area contributed by atoms with Crippen molar-refractivity contribution in [2.75, 3.05) is 26.2 Å². The largest absolute Gasteiger partial charge is 0.479 e. The van der Waals surface area contributed by atoms with E-state index in [2.05, 4.69) is 21.2 Å². The number of carbonyl (C=O) groups excluding carboxylic acids is 2. The summed E-state index contributed by atoms with van der Waals surface area (Å²) in [5, 5.41) is 11.6. The number of halogens is 1. The zero-order chi connectivity index (χ0) is 16.8. The average Bonchev–Trinajstić information content (AvgIpc) is 2.55. The number of aliphatic carboxylic acids is 1. The lowest BCUT2D eigenvalue weighted by molar-refractivity contribution is -0.159. The molecule has 1 aromatic rings. The van der Waals surface area contributed by atoms with Gasteiger partial charge in [-0.25, -0.2) is 4.79 Å². The number of carbonyl (C=O) groups is 3. The van der Waals surface area contributed by atoms with Crippen LogP contribution < -0.4 is 5.32 Å². The van der Waals surface area contributed by atoms with E-state index in [9.17, 15) is 14.4 Å². The molecule has 0 bridgehead atoms. The van der Waals surface area contributed by atoms with Crippen molar-refractivity contribution < 1.29 is 24.2 Å². The highest BCUT2D eigenvalue weighted by molar-refractivity contribution is 9.10. The summed E-state index contributed by atoms with van der Waals surface area (Å²) >= 11 is 3.29. The predicted octanol–water partition coefficient (Wildman–Crippen LogP) is 0.881. The van der Waals surface area contributed by atoms with Crippen LogP contribution >= 0.6 is 15.9 Å². The van der Waals surface area contributed by atoms with Crippen molar-refractivity contribution in [2.45, 2.75) is 12.5 Å². The van der Waals surface area contributed by atoms with Crippen LogP contribution in [0.2, 0.25) is 0 Å².